The molecule has 0 bridgehead atoms. The molecule has 0 saturated heterocycles. The maximum atomic E-state index is 10.7. The van der Waals surface area contributed by atoms with Crippen molar-refractivity contribution in [2.75, 3.05) is 0 Å². The Labute approximate surface area is 78.0 Å². The molecule has 1 radical (unpaired) electrons. The Kier molecular flexibility index (Phi) is 3.95. The zero-order chi connectivity index (χ0) is 9.68. The number of nitrogens with one attached hydrogen (secondary N) is 1. The number of carboxylic acids is 1. The van der Waals surface area contributed by atoms with Gasteiger partial charge in [-0.25, -0.2) is 0 Å². The van der Waals surface area contributed by atoms with Gasteiger partial charge in [-0.15, -0.1) is 0 Å². The molecular formula is C8H13BNO3. The molecule has 1 unspecified atom stereocenters. The average Bonchev–Trinajstić information content (AvgIpc) is 2.01. The number of carbonyl (C=O) groups excluding carboxylic acids is 1. The van der Waals surface area contributed by atoms with E-state index < -0.39 is 12.0 Å². The SMILES string of the molecule is O=C[B]NC(CC1CCC1)C(=O)O. The average molecular weight is 182 g/mol. The Morgan fingerprint density at radius 2 is 2.38 bits per heavy atom. The second-order valence-electron chi connectivity index (χ2n) is 3.39. The molecule has 1 aliphatic rings. The van der Waals surface area contributed by atoms with Gasteiger partial charge in [0.25, 0.3) is 7.41 Å². The number of aliphatic carboxylic acids is 1. The number of carboxylic acid groups (broad SMARTS) is 1. The molecule has 1 atom stereocenters. The monoisotopic (exact) mass is 182 g/mol. The van der Waals surface area contributed by atoms with E-state index in [1.807, 2.05) is 0 Å². The molecule has 0 spiro atoms. The Hall–Kier alpha value is -0.835. The standard InChI is InChI=1S/C8H13BNO3/c11-5-9-10-7(8(12)13)4-6-2-1-3-6/h5-7,10H,1-4H2,(H,12,13). The fourth-order valence-corrected chi connectivity index (χ4v) is 1.46. The largest absolute Gasteiger partial charge is 0.480 e. The third kappa shape index (κ3) is 3.18. The number of carbonyl (C=O) groups is 2. The topological polar surface area (TPSA) is 66.4 Å². The lowest BCUT2D eigenvalue weighted by Crippen LogP contribution is -2.41. The van der Waals surface area contributed by atoms with Gasteiger partial charge in [-0.3, -0.25) is 4.79 Å². The number of rotatable bonds is 6. The van der Waals surface area contributed by atoms with Crippen molar-refractivity contribution in [1.29, 1.82) is 0 Å². The van der Waals surface area contributed by atoms with Crippen LogP contribution >= 0.6 is 0 Å². The van der Waals surface area contributed by atoms with E-state index in [1.165, 1.54) is 6.42 Å². The van der Waals surface area contributed by atoms with Crippen molar-refractivity contribution in [3.05, 3.63) is 0 Å². The van der Waals surface area contributed by atoms with Gasteiger partial charge in [0.05, 0.1) is 12.2 Å². The highest BCUT2D eigenvalue weighted by Gasteiger charge is 2.25. The summed E-state index contributed by atoms with van der Waals surface area (Å²) in [5.41, 5.74) is 0. The van der Waals surface area contributed by atoms with E-state index in [9.17, 15) is 9.59 Å². The van der Waals surface area contributed by atoms with Crippen molar-refractivity contribution in [2.24, 2.45) is 5.92 Å². The van der Waals surface area contributed by atoms with Crippen molar-refractivity contribution in [2.45, 2.75) is 31.7 Å². The van der Waals surface area contributed by atoms with Crippen molar-refractivity contribution >= 4 is 19.6 Å². The number of hydrogen-bond donors (Lipinski definition) is 2. The number of hydrogen-bond acceptors (Lipinski definition) is 3. The molecule has 1 aliphatic carbocycles. The summed E-state index contributed by atoms with van der Waals surface area (Å²) >= 11 is 0. The lowest BCUT2D eigenvalue weighted by Gasteiger charge is -2.28. The molecule has 5 heteroatoms. The molecule has 1 rings (SSSR count). The normalized spacial score (nSPS) is 18.8. The lowest BCUT2D eigenvalue weighted by molar-refractivity contribution is -0.139. The van der Waals surface area contributed by atoms with E-state index in [4.69, 9.17) is 5.11 Å². The van der Waals surface area contributed by atoms with Crippen LogP contribution < -0.4 is 5.23 Å². The Morgan fingerprint density at radius 3 is 2.77 bits per heavy atom. The summed E-state index contributed by atoms with van der Waals surface area (Å²) in [5.74, 6) is -0.362. The van der Waals surface area contributed by atoms with Crippen LogP contribution in [0.3, 0.4) is 0 Å². The molecule has 1 fully saturated rings. The molecule has 2 N–H and O–H groups in total. The van der Waals surface area contributed by atoms with Gasteiger partial charge in [-0.1, -0.05) is 19.3 Å². The quantitative estimate of drug-likeness (QED) is 0.449. The van der Waals surface area contributed by atoms with E-state index in [2.05, 4.69) is 5.23 Å². The highest BCUT2D eigenvalue weighted by molar-refractivity contribution is 6.64. The van der Waals surface area contributed by atoms with Crippen LogP contribution in [0.1, 0.15) is 25.7 Å². The molecule has 0 heterocycles. The maximum absolute atomic E-state index is 10.7. The lowest BCUT2D eigenvalue weighted by atomic mass is 9.80. The molecule has 0 aromatic rings. The molecular weight excluding hydrogens is 169 g/mol. The van der Waals surface area contributed by atoms with Crippen molar-refractivity contribution in [1.82, 2.24) is 5.23 Å². The summed E-state index contributed by atoms with van der Waals surface area (Å²) in [5, 5.41) is 11.3. The van der Waals surface area contributed by atoms with Crippen LogP contribution in [0.4, 0.5) is 0 Å². The van der Waals surface area contributed by atoms with Crippen LogP contribution in [0.15, 0.2) is 0 Å². The van der Waals surface area contributed by atoms with E-state index in [0.717, 1.165) is 20.3 Å². The van der Waals surface area contributed by atoms with E-state index in [0.29, 0.717) is 18.5 Å². The molecule has 0 amide bonds. The third-order valence-corrected chi connectivity index (χ3v) is 2.46. The highest BCUT2D eigenvalue weighted by atomic mass is 16.4. The minimum absolute atomic E-state index is 0.522. The molecule has 71 valence electrons. The van der Waals surface area contributed by atoms with Gasteiger partial charge in [0.2, 0.25) is 0 Å². The summed E-state index contributed by atoms with van der Waals surface area (Å²) in [6.45, 7) is 0. The van der Waals surface area contributed by atoms with Crippen LogP contribution in [0.5, 0.6) is 0 Å². The predicted molar refractivity (Wildman–Crippen MR) is 49.0 cm³/mol. The van der Waals surface area contributed by atoms with E-state index >= 15 is 0 Å². The summed E-state index contributed by atoms with van der Waals surface area (Å²) in [4.78, 5) is 20.7. The minimum atomic E-state index is -0.884. The Bertz CT molecular complexity index is 194. The summed E-state index contributed by atoms with van der Waals surface area (Å²) in [6.07, 6.45) is 4.63. The van der Waals surface area contributed by atoms with Crippen LogP contribution in [0.25, 0.3) is 0 Å². The molecule has 4 nitrogen and oxygen atoms in total. The van der Waals surface area contributed by atoms with Crippen LogP contribution in [0, 0.1) is 5.92 Å². The first-order valence-corrected chi connectivity index (χ1v) is 4.50. The summed E-state index contributed by atoms with van der Waals surface area (Å²) < 4.78 is 0. The fourth-order valence-electron chi connectivity index (χ4n) is 1.46. The fraction of sp³-hybridized carbons (Fsp3) is 0.750. The van der Waals surface area contributed by atoms with Crippen LogP contribution in [-0.4, -0.2) is 30.7 Å². The first kappa shape index (κ1) is 10.2. The molecule has 13 heavy (non-hydrogen) atoms. The predicted octanol–water partition coefficient (Wildman–Crippen LogP) is 0.0288. The van der Waals surface area contributed by atoms with E-state index in [1.54, 1.807) is 0 Å². The molecule has 0 aliphatic heterocycles. The first-order valence-electron chi connectivity index (χ1n) is 4.50. The maximum Gasteiger partial charge on any atom is 0.319 e. The second kappa shape index (κ2) is 5.02. The molecule has 0 aromatic carbocycles. The molecule has 1 saturated carbocycles. The zero-order valence-electron chi connectivity index (χ0n) is 7.40. The van der Waals surface area contributed by atoms with Crippen molar-refractivity contribution in [3.63, 3.8) is 0 Å². The summed E-state index contributed by atoms with van der Waals surface area (Å²) in [6, 6.07) is -0.601. The third-order valence-electron chi connectivity index (χ3n) is 2.46. The Morgan fingerprint density at radius 1 is 1.69 bits per heavy atom. The van der Waals surface area contributed by atoms with Crippen LogP contribution in [-0.2, 0) is 9.59 Å². The summed E-state index contributed by atoms with van der Waals surface area (Å²) in [7, 11) is 1.15. The smallest absolute Gasteiger partial charge is 0.319 e. The van der Waals surface area contributed by atoms with Gasteiger partial charge in [0.15, 0.2) is 0 Å². The minimum Gasteiger partial charge on any atom is -0.480 e. The van der Waals surface area contributed by atoms with Crippen molar-refractivity contribution in [3.8, 4) is 0 Å². The van der Waals surface area contributed by atoms with Gasteiger partial charge in [-0.2, -0.15) is 0 Å². The second-order valence-corrected chi connectivity index (χ2v) is 3.39. The van der Waals surface area contributed by atoms with Gasteiger partial charge < -0.3 is 15.1 Å². The van der Waals surface area contributed by atoms with Crippen LogP contribution in [0.2, 0.25) is 0 Å². The van der Waals surface area contributed by atoms with Gasteiger partial charge in [0, 0.05) is 0 Å². The molecule has 0 aromatic heterocycles. The Balaban J connectivity index is 2.27. The van der Waals surface area contributed by atoms with Gasteiger partial charge >= 0.3 is 5.97 Å². The zero-order valence-corrected chi connectivity index (χ0v) is 7.40. The van der Waals surface area contributed by atoms with Gasteiger partial charge in [-0.05, 0) is 12.3 Å². The van der Waals surface area contributed by atoms with Crippen molar-refractivity contribution < 1.29 is 14.7 Å². The highest BCUT2D eigenvalue weighted by Crippen LogP contribution is 2.30. The van der Waals surface area contributed by atoms with Gasteiger partial charge in [0.1, 0.15) is 0 Å². The first-order chi connectivity index (χ1) is 6.24. The van der Waals surface area contributed by atoms with E-state index in [-0.39, 0.29) is 0 Å².